The highest BCUT2D eigenvalue weighted by atomic mass is 32.2. The summed E-state index contributed by atoms with van der Waals surface area (Å²) in [6.07, 6.45) is 0. The van der Waals surface area contributed by atoms with Crippen LogP contribution in [0.4, 0.5) is 5.69 Å². The Balaban J connectivity index is 1.69. The first kappa shape index (κ1) is 16.4. The minimum absolute atomic E-state index is 0.0721. The van der Waals surface area contributed by atoms with Gasteiger partial charge in [0, 0.05) is 17.1 Å². The SMILES string of the molecule is Cc1cc(C)n2nc(SCC(=O)Nc3c(C)cccc3C)nc2n1. The summed E-state index contributed by atoms with van der Waals surface area (Å²) in [6.45, 7) is 7.84. The number of carbonyl (C=O) groups is 1. The molecule has 0 saturated heterocycles. The summed E-state index contributed by atoms with van der Waals surface area (Å²) in [5, 5.41) is 7.91. The summed E-state index contributed by atoms with van der Waals surface area (Å²) < 4.78 is 1.69. The van der Waals surface area contributed by atoms with Crippen LogP contribution >= 0.6 is 11.8 Å². The molecule has 0 fully saturated rings. The van der Waals surface area contributed by atoms with Crippen LogP contribution in [0.2, 0.25) is 0 Å². The lowest BCUT2D eigenvalue weighted by Gasteiger charge is -2.10. The molecule has 124 valence electrons. The van der Waals surface area contributed by atoms with Crippen LogP contribution in [0.1, 0.15) is 22.5 Å². The Kier molecular flexibility index (Phi) is 4.53. The molecule has 2 aromatic heterocycles. The van der Waals surface area contributed by atoms with Gasteiger partial charge in [-0.05, 0) is 44.9 Å². The molecule has 0 radical (unpaired) electrons. The maximum Gasteiger partial charge on any atom is 0.253 e. The molecule has 0 bridgehead atoms. The van der Waals surface area contributed by atoms with Crippen LogP contribution in [0.15, 0.2) is 29.4 Å². The standard InChI is InChI=1S/C17H19N5OS/c1-10-6-5-7-11(2)15(10)19-14(23)9-24-17-20-16-18-12(3)8-13(4)22(16)21-17/h5-8H,9H2,1-4H3,(H,19,23). The van der Waals surface area contributed by atoms with E-state index in [1.54, 1.807) is 4.52 Å². The lowest BCUT2D eigenvalue weighted by molar-refractivity contribution is -0.113. The van der Waals surface area contributed by atoms with Crippen LogP contribution in [0, 0.1) is 27.7 Å². The molecule has 0 spiro atoms. The van der Waals surface area contributed by atoms with Crippen molar-refractivity contribution in [1.82, 2.24) is 19.6 Å². The highest BCUT2D eigenvalue weighted by molar-refractivity contribution is 7.99. The van der Waals surface area contributed by atoms with Crippen LogP contribution in [0.3, 0.4) is 0 Å². The second-order valence-corrected chi connectivity index (χ2v) is 6.69. The molecule has 24 heavy (non-hydrogen) atoms. The summed E-state index contributed by atoms with van der Waals surface area (Å²) in [7, 11) is 0. The summed E-state index contributed by atoms with van der Waals surface area (Å²) in [4.78, 5) is 20.9. The van der Waals surface area contributed by atoms with Crippen molar-refractivity contribution in [3.63, 3.8) is 0 Å². The molecule has 1 aromatic carbocycles. The number of aryl methyl sites for hydroxylation is 4. The molecule has 2 heterocycles. The van der Waals surface area contributed by atoms with Crippen molar-refractivity contribution in [2.24, 2.45) is 0 Å². The largest absolute Gasteiger partial charge is 0.325 e. The van der Waals surface area contributed by atoms with E-state index in [4.69, 9.17) is 0 Å². The van der Waals surface area contributed by atoms with Crippen molar-refractivity contribution in [2.45, 2.75) is 32.9 Å². The molecule has 3 rings (SSSR count). The molecule has 0 unspecified atom stereocenters. The maximum absolute atomic E-state index is 12.2. The van der Waals surface area contributed by atoms with E-state index in [0.29, 0.717) is 10.9 Å². The molecule has 7 heteroatoms. The molecule has 0 aliphatic rings. The molecule has 1 amide bonds. The smallest absolute Gasteiger partial charge is 0.253 e. The van der Waals surface area contributed by atoms with Crippen molar-refractivity contribution in [3.8, 4) is 0 Å². The third-order valence-corrected chi connectivity index (χ3v) is 4.51. The zero-order valence-corrected chi connectivity index (χ0v) is 14.9. The van der Waals surface area contributed by atoms with E-state index in [1.807, 2.05) is 52.0 Å². The number of carbonyl (C=O) groups excluding carboxylic acids is 1. The molecule has 3 aromatic rings. The summed E-state index contributed by atoms with van der Waals surface area (Å²) in [6, 6.07) is 7.89. The lowest BCUT2D eigenvalue weighted by atomic mass is 10.1. The van der Waals surface area contributed by atoms with Gasteiger partial charge in [0.25, 0.3) is 5.78 Å². The fraction of sp³-hybridized carbons (Fsp3) is 0.294. The monoisotopic (exact) mass is 341 g/mol. The topological polar surface area (TPSA) is 72.2 Å². The van der Waals surface area contributed by atoms with Crippen LogP contribution in [0.5, 0.6) is 0 Å². The van der Waals surface area contributed by atoms with Gasteiger partial charge in [-0.15, -0.1) is 5.10 Å². The highest BCUT2D eigenvalue weighted by Gasteiger charge is 2.12. The predicted molar refractivity (Wildman–Crippen MR) is 95.5 cm³/mol. The van der Waals surface area contributed by atoms with Crippen molar-refractivity contribution in [2.75, 3.05) is 11.1 Å². The van der Waals surface area contributed by atoms with Gasteiger partial charge in [-0.2, -0.15) is 4.98 Å². The third-order valence-electron chi connectivity index (χ3n) is 3.68. The second-order valence-electron chi connectivity index (χ2n) is 5.75. The summed E-state index contributed by atoms with van der Waals surface area (Å²) in [5.41, 5.74) is 4.84. The van der Waals surface area contributed by atoms with Gasteiger partial charge >= 0.3 is 0 Å². The molecule has 0 saturated carbocycles. The van der Waals surface area contributed by atoms with Gasteiger partial charge in [-0.25, -0.2) is 9.50 Å². The molecule has 0 atom stereocenters. The normalized spacial score (nSPS) is 11.0. The number of nitrogens with zero attached hydrogens (tertiary/aromatic N) is 4. The predicted octanol–water partition coefficient (Wildman–Crippen LogP) is 3.09. The first-order chi connectivity index (χ1) is 11.4. The van der Waals surface area contributed by atoms with E-state index < -0.39 is 0 Å². The Bertz CT molecular complexity index is 898. The molecule has 0 aliphatic heterocycles. The fourth-order valence-electron chi connectivity index (χ4n) is 2.53. The van der Waals surface area contributed by atoms with Crippen LogP contribution in [-0.4, -0.2) is 31.2 Å². The van der Waals surface area contributed by atoms with Gasteiger partial charge in [-0.3, -0.25) is 4.79 Å². The average molecular weight is 341 g/mol. The lowest BCUT2D eigenvalue weighted by Crippen LogP contribution is -2.15. The van der Waals surface area contributed by atoms with E-state index >= 15 is 0 Å². The number of anilines is 1. The highest BCUT2D eigenvalue weighted by Crippen LogP contribution is 2.21. The maximum atomic E-state index is 12.2. The number of benzene rings is 1. The van der Waals surface area contributed by atoms with Gasteiger partial charge in [0.15, 0.2) is 0 Å². The third kappa shape index (κ3) is 3.41. The van der Waals surface area contributed by atoms with Crippen molar-refractivity contribution in [1.29, 1.82) is 0 Å². The Morgan fingerprint density at radius 1 is 1.17 bits per heavy atom. The minimum atomic E-state index is -0.0721. The van der Waals surface area contributed by atoms with E-state index in [0.717, 1.165) is 28.2 Å². The fourth-order valence-corrected chi connectivity index (χ4v) is 3.14. The molecule has 0 aliphatic carbocycles. The molecular weight excluding hydrogens is 322 g/mol. The Morgan fingerprint density at radius 2 is 1.88 bits per heavy atom. The number of para-hydroxylation sites is 1. The van der Waals surface area contributed by atoms with Gasteiger partial charge in [0.1, 0.15) is 0 Å². The average Bonchev–Trinajstić information content (AvgIpc) is 2.92. The number of aromatic nitrogens is 4. The van der Waals surface area contributed by atoms with Gasteiger partial charge in [0.2, 0.25) is 11.1 Å². The van der Waals surface area contributed by atoms with Crippen LogP contribution < -0.4 is 5.32 Å². The van der Waals surface area contributed by atoms with E-state index in [9.17, 15) is 4.79 Å². The van der Waals surface area contributed by atoms with Crippen LogP contribution in [-0.2, 0) is 4.79 Å². The van der Waals surface area contributed by atoms with Crippen LogP contribution in [0.25, 0.3) is 5.78 Å². The van der Waals surface area contributed by atoms with E-state index in [-0.39, 0.29) is 11.7 Å². The van der Waals surface area contributed by atoms with Crippen molar-refractivity contribution < 1.29 is 4.79 Å². The summed E-state index contributed by atoms with van der Waals surface area (Å²) in [5.74, 6) is 0.741. The Morgan fingerprint density at radius 3 is 2.58 bits per heavy atom. The Labute approximate surface area is 144 Å². The van der Waals surface area contributed by atoms with Gasteiger partial charge < -0.3 is 5.32 Å². The first-order valence-corrected chi connectivity index (χ1v) is 8.62. The molecule has 6 nitrogen and oxygen atoms in total. The zero-order valence-electron chi connectivity index (χ0n) is 14.1. The number of thioether (sulfide) groups is 1. The number of amides is 1. The number of hydrogen-bond acceptors (Lipinski definition) is 5. The second kappa shape index (κ2) is 6.60. The summed E-state index contributed by atoms with van der Waals surface area (Å²) >= 11 is 1.30. The van der Waals surface area contributed by atoms with Gasteiger partial charge in [0.05, 0.1) is 5.75 Å². The number of rotatable bonds is 4. The molecule has 1 N–H and O–H groups in total. The van der Waals surface area contributed by atoms with E-state index in [1.165, 1.54) is 11.8 Å². The van der Waals surface area contributed by atoms with Crippen molar-refractivity contribution >= 4 is 29.1 Å². The van der Waals surface area contributed by atoms with Crippen molar-refractivity contribution in [3.05, 3.63) is 46.8 Å². The quantitative estimate of drug-likeness (QED) is 0.738. The first-order valence-electron chi connectivity index (χ1n) is 7.64. The number of hydrogen-bond donors (Lipinski definition) is 1. The van der Waals surface area contributed by atoms with Gasteiger partial charge in [-0.1, -0.05) is 30.0 Å². The number of nitrogens with one attached hydrogen (secondary N) is 1. The number of fused-ring (bicyclic) bond motifs is 1. The molecular formula is C17H19N5OS. The Hall–Kier alpha value is -2.41. The minimum Gasteiger partial charge on any atom is -0.325 e. The zero-order chi connectivity index (χ0) is 17.3. The van der Waals surface area contributed by atoms with E-state index in [2.05, 4.69) is 20.4 Å².